The number of ether oxygens (including phenoxy) is 1. The molecule has 6 heteroatoms. The van der Waals surface area contributed by atoms with Crippen LogP contribution in [0.4, 0.5) is 11.4 Å². The molecule has 0 unspecified atom stereocenters. The second-order valence-corrected chi connectivity index (χ2v) is 4.09. The van der Waals surface area contributed by atoms with Crippen LogP contribution in [0.15, 0.2) is 18.2 Å². The lowest BCUT2D eigenvalue weighted by Crippen LogP contribution is -2.40. The van der Waals surface area contributed by atoms with Gasteiger partial charge in [-0.05, 0) is 18.2 Å². The van der Waals surface area contributed by atoms with E-state index in [2.05, 4.69) is 15.8 Å². The minimum atomic E-state index is -0.139. The highest BCUT2D eigenvalue weighted by Crippen LogP contribution is 2.20. The van der Waals surface area contributed by atoms with Crippen LogP contribution >= 0.6 is 0 Å². The molecule has 0 bridgehead atoms. The summed E-state index contributed by atoms with van der Waals surface area (Å²) in [6.07, 6.45) is 0. The predicted molar refractivity (Wildman–Crippen MR) is 70.3 cm³/mol. The number of benzene rings is 1. The first-order chi connectivity index (χ1) is 8.70. The maximum atomic E-state index is 11.5. The fourth-order valence-electron chi connectivity index (χ4n) is 1.80. The van der Waals surface area contributed by atoms with Gasteiger partial charge in [-0.1, -0.05) is 0 Å². The van der Waals surface area contributed by atoms with Crippen LogP contribution in [-0.2, 0) is 4.74 Å². The molecule has 1 fully saturated rings. The van der Waals surface area contributed by atoms with Gasteiger partial charge < -0.3 is 21.2 Å². The smallest absolute Gasteiger partial charge is 0.251 e. The third kappa shape index (κ3) is 2.91. The van der Waals surface area contributed by atoms with Crippen molar-refractivity contribution in [2.45, 2.75) is 0 Å². The van der Waals surface area contributed by atoms with Crippen molar-refractivity contribution in [3.8, 4) is 0 Å². The molecule has 0 atom stereocenters. The van der Waals surface area contributed by atoms with Crippen LogP contribution < -0.4 is 16.5 Å². The average molecular weight is 250 g/mol. The number of nitrogens with zero attached hydrogens (tertiary/aromatic N) is 1. The fourth-order valence-corrected chi connectivity index (χ4v) is 1.80. The Morgan fingerprint density at radius 3 is 2.72 bits per heavy atom. The van der Waals surface area contributed by atoms with Crippen LogP contribution in [0.1, 0.15) is 10.4 Å². The number of nitrogen functional groups attached to an aromatic ring is 1. The molecule has 0 aromatic heterocycles. The van der Waals surface area contributed by atoms with Gasteiger partial charge in [0.05, 0.1) is 24.6 Å². The van der Waals surface area contributed by atoms with Crippen molar-refractivity contribution in [2.75, 3.05) is 44.5 Å². The number of hydrazine groups is 1. The van der Waals surface area contributed by atoms with Gasteiger partial charge in [-0.15, -0.1) is 0 Å². The van der Waals surface area contributed by atoms with Crippen molar-refractivity contribution in [1.82, 2.24) is 10.3 Å². The second kappa shape index (κ2) is 5.70. The van der Waals surface area contributed by atoms with E-state index in [0.29, 0.717) is 24.5 Å². The quantitative estimate of drug-likeness (QED) is 0.672. The molecule has 18 heavy (non-hydrogen) atoms. The van der Waals surface area contributed by atoms with E-state index in [-0.39, 0.29) is 5.91 Å². The zero-order valence-corrected chi connectivity index (χ0v) is 10.4. The number of hydrogen-bond acceptors (Lipinski definition) is 5. The Morgan fingerprint density at radius 1 is 1.39 bits per heavy atom. The lowest BCUT2D eigenvalue weighted by atomic mass is 10.1. The van der Waals surface area contributed by atoms with Gasteiger partial charge in [-0.2, -0.15) is 0 Å². The van der Waals surface area contributed by atoms with E-state index in [1.54, 1.807) is 19.2 Å². The first-order valence-corrected chi connectivity index (χ1v) is 5.91. The van der Waals surface area contributed by atoms with Crippen LogP contribution in [0, 0.1) is 0 Å². The molecule has 6 nitrogen and oxygen atoms in total. The van der Waals surface area contributed by atoms with Gasteiger partial charge in [0.2, 0.25) is 0 Å². The van der Waals surface area contributed by atoms with Crippen molar-refractivity contribution in [2.24, 2.45) is 0 Å². The van der Waals surface area contributed by atoms with Gasteiger partial charge in [-0.3, -0.25) is 4.79 Å². The van der Waals surface area contributed by atoms with Crippen LogP contribution in [0.25, 0.3) is 0 Å². The lowest BCUT2D eigenvalue weighted by Gasteiger charge is -2.28. The van der Waals surface area contributed by atoms with E-state index in [9.17, 15) is 4.79 Å². The molecule has 98 valence electrons. The monoisotopic (exact) mass is 250 g/mol. The number of hydrogen-bond donors (Lipinski definition) is 3. The van der Waals surface area contributed by atoms with Crippen molar-refractivity contribution < 1.29 is 9.53 Å². The molecule has 1 heterocycles. The molecule has 0 spiro atoms. The summed E-state index contributed by atoms with van der Waals surface area (Å²) < 4.78 is 5.27. The summed E-state index contributed by atoms with van der Waals surface area (Å²) in [7, 11) is 1.60. The Morgan fingerprint density at radius 2 is 2.11 bits per heavy atom. The molecule has 1 aromatic carbocycles. The highest BCUT2D eigenvalue weighted by molar-refractivity contribution is 5.95. The maximum Gasteiger partial charge on any atom is 0.251 e. The summed E-state index contributed by atoms with van der Waals surface area (Å²) >= 11 is 0. The Balaban J connectivity index is 2.07. The minimum absolute atomic E-state index is 0.139. The SMILES string of the molecule is CNC(=O)c1ccc(NN2CCOCC2)c(N)c1. The summed E-state index contributed by atoms with van der Waals surface area (Å²) in [5.41, 5.74) is 11.1. The zero-order valence-electron chi connectivity index (χ0n) is 10.4. The Kier molecular flexibility index (Phi) is 4.01. The predicted octanol–water partition coefficient (Wildman–Crippen LogP) is 0.288. The number of carbonyl (C=O) groups excluding carboxylic acids is 1. The van der Waals surface area contributed by atoms with E-state index >= 15 is 0 Å². The minimum Gasteiger partial charge on any atom is -0.397 e. The molecule has 1 amide bonds. The number of nitrogens with two attached hydrogens (primary N) is 1. The number of carbonyl (C=O) groups is 1. The van der Waals surface area contributed by atoms with E-state index in [1.807, 2.05) is 6.07 Å². The maximum absolute atomic E-state index is 11.5. The molecule has 4 N–H and O–H groups in total. The van der Waals surface area contributed by atoms with Crippen LogP contribution in [0.3, 0.4) is 0 Å². The van der Waals surface area contributed by atoms with Gasteiger partial charge in [0.25, 0.3) is 5.91 Å². The molecule has 2 rings (SSSR count). The van der Waals surface area contributed by atoms with E-state index in [0.717, 1.165) is 18.8 Å². The molecule has 1 aliphatic rings. The molecular formula is C12H18N4O2. The van der Waals surface area contributed by atoms with E-state index in [4.69, 9.17) is 10.5 Å². The van der Waals surface area contributed by atoms with Gasteiger partial charge in [0.1, 0.15) is 0 Å². The zero-order chi connectivity index (χ0) is 13.0. The van der Waals surface area contributed by atoms with E-state index in [1.165, 1.54) is 0 Å². The van der Waals surface area contributed by atoms with Gasteiger partial charge >= 0.3 is 0 Å². The Labute approximate surface area is 106 Å². The number of amides is 1. The number of nitrogens with one attached hydrogen (secondary N) is 2. The standard InChI is InChI=1S/C12H18N4O2/c1-14-12(17)9-2-3-11(10(13)8-9)15-16-4-6-18-7-5-16/h2-3,8,15H,4-7,13H2,1H3,(H,14,17). The molecule has 0 aliphatic carbocycles. The molecule has 1 aromatic rings. The van der Waals surface area contributed by atoms with Crippen molar-refractivity contribution >= 4 is 17.3 Å². The van der Waals surface area contributed by atoms with Crippen molar-refractivity contribution in [3.63, 3.8) is 0 Å². The Hall–Kier alpha value is -1.79. The number of rotatable bonds is 3. The summed E-state index contributed by atoms with van der Waals surface area (Å²) in [5.74, 6) is -0.139. The van der Waals surface area contributed by atoms with Crippen molar-refractivity contribution in [1.29, 1.82) is 0 Å². The summed E-state index contributed by atoms with van der Waals surface area (Å²) in [6.45, 7) is 3.06. The largest absolute Gasteiger partial charge is 0.397 e. The molecule has 1 saturated heterocycles. The fraction of sp³-hybridized carbons (Fsp3) is 0.417. The lowest BCUT2D eigenvalue weighted by molar-refractivity contribution is 0.0497. The van der Waals surface area contributed by atoms with Gasteiger partial charge in [-0.25, -0.2) is 5.01 Å². The number of anilines is 2. The number of morpholine rings is 1. The van der Waals surface area contributed by atoms with Gasteiger partial charge in [0.15, 0.2) is 0 Å². The third-order valence-electron chi connectivity index (χ3n) is 2.83. The Bertz CT molecular complexity index is 430. The van der Waals surface area contributed by atoms with E-state index < -0.39 is 0 Å². The van der Waals surface area contributed by atoms with Crippen LogP contribution in [-0.4, -0.2) is 44.3 Å². The highest BCUT2D eigenvalue weighted by atomic mass is 16.5. The third-order valence-corrected chi connectivity index (χ3v) is 2.83. The molecular weight excluding hydrogens is 232 g/mol. The topological polar surface area (TPSA) is 79.6 Å². The van der Waals surface area contributed by atoms with Crippen LogP contribution in [0.5, 0.6) is 0 Å². The first kappa shape index (κ1) is 12.7. The van der Waals surface area contributed by atoms with Gasteiger partial charge in [0, 0.05) is 25.7 Å². The second-order valence-electron chi connectivity index (χ2n) is 4.09. The molecule has 1 aliphatic heterocycles. The van der Waals surface area contributed by atoms with Crippen molar-refractivity contribution in [3.05, 3.63) is 23.8 Å². The summed E-state index contributed by atoms with van der Waals surface area (Å²) in [4.78, 5) is 11.5. The van der Waals surface area contributed by atoms with Crippen LogP contribution in [0.2, 0.25) is 0 Å². The normalized spacial score (nSPS) is 16.3. The summed E-state index contributed by atoms with van der Waals surface area (Å²) in [5, 5.41) is 4.62. The summed E-state index contributed by atoms with van der Waals surface area (Å²) in [6, 6.07) is 5.23. The molecule has 0 radical (unpaired) electrons. The average Bonchev–Trinajstić information content (AvgIpc) is 2.41. The highest BCUT2D eigenvalue weighted by Gasteiger charge is 2.12. The molecule has 0 saturated carbocycles. The first-order valence-electron chi connectivity index (χ1n) is 5.91.